The van der Waals surface area contributed by atoms with Crippen molar-refractivity contribution in [3.63, 3.8) is 0 Å². The summed E-state index contributed by atoms with van der Waals surface area (Å²) in [6, 6.07) is 0. The van der Waals surface area contributed by atoms with Crippen LogP contribution in [0.3, 0.4) is 0 Å². The molecular formula is C17H24FN3O2. The van der Waals surface area contributed by atoms with Gasteiger partial charge in [0.15, 0.2) is 5.82 Å². The third-order valence-electron chi connectivity index (χ3n) is 5.35. The van der Waals surface area contributed by atoms with Gasteiger partial charge in [-0.25, -0.2) is 14.4 Å². The molecule has 2 aliphatic heterocycles. The van der Waals surface area contributed by atoms with Crippen molar-refractivity contribution in [3.8, 4) is 0 Å². The van der Waals surface area contributed by atoms with Gasteiger partial charge in [-0.2, -0.15) is 0 Å². The molecular weight excluding hydrogens is 297 g/mol. The van der Waals surface area contributed by atoms with Gasteiger partial charge in [-0.05, 0) is 43.4 Å². The molecule has 0 bridgehead atoms. The second-order valence-corrected chi connectivity index (χ2v) is 7.31. The Hall–Kier alpha value is -1.27. The summed E-state index contributed by atoms with van der Waals surface area (Å²) >= 11 is 0. The zero-order valence-electron chi connectivity index (χ0n) is 13.4. The third-order valence-corrected chi connectivity index (χ3v) is 5.35. The van der Waals surface area contributed by atoms with Crippen LogP contribution in [0.1, 0.15) is 32.1 Å². The highest BCUT2D eigenvalue weighted by molar-refractivity contribution is 5.29. The third kappa shape index (κ3) is 3.63. The van der Waals surface area contributed by atoms with Crippen molar-refractivity contribution in [1.29, 1.82) is 0 Å². The molecule has 1 aliphatic carbocycles. The van der Waals surface area contributed by atoms with Crippen LogP contribution in [-0.4, -0.2) is 49.0 Å². The van der Waals surface area contributed by atoms with Crippen molar-refractivity contribution >= 4 is 5.95 Å². The molecule has 4 rings (SSSR count). The van der Waals surface area contributed by atoms with Crippen LogP contribution in [-0.2, 0) is 9.47 Å². The van der Waals surface area contributed by atoms with E-state index in [0.717, 1.165) is 58.1 Å². The summed E-state index contributed by atoms with van der Waals surface area (Å²) in [5.41, 5.74) is 0.282. The van der Waals surface area contributed by atoms with Gasteiger partial charge in [0.2, 0.25) is 5.95 Å². The minimum Gasteiger partial charge on any atom is -0.378 e. The fourth-order valence-corrected chi connectivity index (χ4v) is 3.65. The molecule has 0 N–H and O–H groups in total. The Morgan fingerprint density at radius 3 is 2.65 bits per heavy atom. The number of halogens is 1. The zero-order valence-corrected chi connectivity index (χ0v) is 13.4. The van der Waals surface area contributed by atoms with Gasteiger partial charge in [0.1, 0.15) is 0 Å². The molecule has 3 aliphatic rings. The van der Waals surface area contributed by atoms with E-state index in [4.69, 9.17) is 9.47 Å². The molecule has 1 aromatic heterocycles. The second-order valence-electron chi connectivity index (χ2n) is 7.31. The molecule has 1 atom stereocenters. The van der Waals surface area contributed by atoms with E-state index in [-0.39, 0.29) is 17.3 Å². The molecule has 3 fully saturated rings. The predicted molar refractivity (Wildman–Crippen MR) is 83.8 cm³/mol. The summed E-state index contributed by atoms with van der Waals surface area (Å²) in [7, 11) is 0. The van der Waals surface area contributed by atoms with Gasteiger partial charge in [0.25, 0.3) is 0 Å². The molecule has 0 radical (unpaired) electrons. The maximum Gasteiger partial charge on any atom is 0.225 e. The number of aromatic nitrogens is 2. The smallest absolute Gasteiger partial charge is 0.225 e. The van der Waals surface area contributed by atoms with E-state index in [9.17, 15) is 4.39 Å². The molecule has 6 heteroatoms. The van der Waals surface area contributed by atoms with Crippen molar-refractivity contribution in [3.05, 3.63) is 18.2 Å². The number of rotatable bonds is 5. The molecule has 2 saturated heterocycles. The lowest BCUT2D eigenvalue weighted by Crippen LogP contribution is -2.41. The first-order valence-electron chi connectivity index (χ1n) is 8.64. The first-order valence-corrected chi connectivity index (χ1v) is 8.64. The van der Waals surface area contributed by atoms with Crippen molar-refractivity contribution in [1.82, 2.24) is 9.97 Å². The quantitative estimate of drug-likeness (QED) is 0.833. The summed E-state index contributed by atoms with van der Waals surface area (Å²) in [5, 5.41) is 0. The number of hydrogen-bond acceptors (Lipinski definition) is 5. The summed E-state index contributed by atoms with van der Waals surface area (Å²) in [6.07, 6.45) is 8.63. The second kappa shape index (κ2) is 6.32. The van der Waals surface area contributed by atoms with E-state index < -0.39 is 0 Å². The summed E-state index contributed by atoms with van der Waals surface area (Å²) in [6.45, 7) is 4.30. The fraction of sp³-hybridized carbons (Fsp3) is 0.765. The first-order chi connectivity index (χ1) is 11.2. The standard InChI is InChI=1S/C17H24FN3O2/c18-14-8-19-16(20-9-14)21-5-3-17(4-6-21)7-15(23-12-17)11-22-10-13-1-2-13/h8-9,13,15H,1-7,10-12H2. The van der Waals surface area contributed by atoms with Crippen molar-refractivity contribution in [2.24, 2.45) is 11.3 Å². The minimum absolute atomic E-state index is 0.252. The molecule has 3 heterocycles. The van der Waals surface area contributed by atoms with Crippen LogP contribution < -0.4 is 4.90 Å². The monoisotopic (exact) mass is 321 g/mol. The van der Waals surface area contributed by atoms with Crippen molar-refractivity contribution in [2.75, 3.05) is 37.8 Å². The maximum atomic E-state index is 12.9. The Balaban J connectivity index is 1.26. The van der Waals surface area contributed by atoms with E-state index in [0.29, 0.717) is 5.95 Å². The lowest BCUT2D eigenvalue weighted by Gasteiger charge is -2.38. The summed E-state index contributed by atoms with van der Waals surface area (Å²) in [4.78, 5) is 10.3. The van der Waals surface area contributed by atoms with Crippen molar-refractivity contribution in [2.45, 2.75) is 38.2 Å². The number of ether oxygens (including phenoxy) is 2. The molecule has 0 aromatic carbocycles. The molecule has 1 spiro atoms. The zero-order chi connectivity index (χ0) is 15.7. The van der Waals surface area contributed by atoms with E-state index >= 15 is 0 Å². The molecule has 1 unspecified atom stereocenters. The number of hydrogen-bond donors (Lipinski definition) is 0. The van der Waals surface area contributed by atoms with Crippen LogP contribution in [0.25, 0.3) is 0 Å². The Morgan fingerprint density at radius 2 is 1.96 bits per heavy atom. The highest BCUT2D eigenvalue weighted by Crippen LogP contribution is 2.42. The van der Waals surface area contributed by atoms with E-state index in [1.54, 1.807) is 0 Å². The van der Waals surface area contributed by atoms with Gasteiger partial charge < -0.3 is 14.4 Å². The SMILES string of the molecule is Fc1cnc(N2CCC3(CC2)COC(COCC2CC2)C3)nc1. The van der Waals surface area contributed by atoms with Gasteiger partial charge in [-0.1, -0.05) is 0 Å². The topological polar surface area (TPSA) is 47.5 Å². The van der Waals surface area contributed by atoms with E-state index in [1.165, 1.54) is 25.2 Å². The van der Waals surface area contributed by atoms with Gasteiger partial charge in [-0.3, -0.25) is 0 Å². The van der Waals surface area contributed by atoms with Crippen LogP contribution in [0.2, 0.25) is 0 Å². The summed E-state index contributed by atoms with van der Waals surface area (Å²) < 4.78 is 24.7. The predicted octanol–water partition coefficient (Wildman–Crippen LogP) is 2.42. The van der Waals surface area contributed by atoms with E-state index in [2.05, 4.69) is 14.9 Å². The number of nitrogens with zero attached hydrogens (tertiary/aromatic N) is 3. The van der Waals surface area contributed by atoms with Gasteiger partial charge in [-0.15, -0.1) is 0 Å². The average molecular weight is 321 g/mol. The number of piperidine rings is 1. The molecule has 1 aromatic rings. The Bertz CT molecular complexity index is 527. The largest absolute Gasteiger partial charge is 0.378 e. The molecule has 5 nitrogen and oxygen atoms in total. The fourth-order valence-electron chi connectivity index (χ4n) is 3.65. The van der Waals surface area contributed by atoms with Crippen molar-refractivity contribution < 1.29 is 13.9 Å². The highest BCUT2D eigenvalue weighted by Gasteiger charge is 2.42. The Labute approximate surface area is 136 Å². The van der Waals surface area contributed by atoms with Gasteiger partial charge >= 0.3 is 0 Å². The van der Waals surface area contributed by atoms with Crippen LogP contribution >= 0.6 is 0 Å². The molecule has 1 saturated carbocycles. The van der Waals surface area contributed by atoms with E-state index in [1.807, 2.05) is 0 Å². The van der Waals surface area contributed by atoms with Crippen LogP contribution in [0, 0.1) is 17.2 Å². The first kappa shape index (κ1) is 15.3. The molecule has 0 amide bonds. The molecule has 23 heavy (non-hydrogen) atoms. The van der Waals surface area contributed by atoms with Crippen LogP contribution in [0.15, 0.2) is 12.4 Å². The lowest BCUT2D eigenvalue weighted by atomic mass is 9.77. The summed E-state index contributed by atoms with van der Waals surface area (Å²) in [5.74, 6) is 1.05. The molecule has 126 valence electrons. The van der Waals surface area contributed by atoms with Crippen LogP contribution in [0.4, 0.5) is 10.3 Å². The maximum absolute atomic E-state index is 12.9. The minimum atomic E-state index is -0.388. The Kier molecular flexibility index (Phi) is 4.20. The lowest BCUT2D eigenvalue weighted by molar-refractivity contribution is 0.0110. The normalized spacial score (nSPS) is 26.8. The Morgan fingerprint density at radius 1 is 1.22 bits per heavy atom. The van der Waals surface area contributed by atoms with Gasteiger partial charge in [0.05, 0.1) is 31.7 Å². The average Bonchev–Trinajstić information content (AvgIpc) is 3.31. The van der Waals surface area contributed by atoms with Crippen LogP contribution in [0.5, 0.6) is 0 Å². The van der Waals surface area contributed by atoms with Gasteiger partial charge in [0, 0.05) is 19.7 Å². The number of anilines is 1. The highest BCUT2D eigenvalue weighted by atomic mass is 19.1.